The third-order valence-corrected chi connectivity index (χ3v) is 4.97. The minimum absolute atomic E-state index is 0.0954. The average Bonchev–Trinajstić information content (AvgIpc) is 2.75. The quantitative estimate of drug-likeness (QED) is 0.868. The summed E-state index contributed by atoms with van der Waals surface area (Å²) in [7, 11) is 0. The van der Waals surface area contributed by atoms with Crippen LogP contribution >= 0.6 is 11.8 Å². The van der Waals surface area contributed by atoms with Crippen LogP contribution in [0.4, 0.5) is 0 Å². The number of hydrogen-bond acceptors (Lipinski definition) is 4. The van der Waals surface area contributed by atoms with Crippen molar-refractivity contribution in [3.05, 3.63) is 5.82 Å². The summed E-state index contributed by atoms with van der Waals surface area (Å²) in [5.41, 5.74) is 0. The van der Waals surface area contributed by atoms with Gasteiger partial charge in [0.15, 0.2) is 0 Å². The lowest BCUT2D eigenvalue weighted by Crippen LogP contribution is -2.32. The number of rotatable bonds is 5. The molecule has 0 amide bonds. The first-order valence-corrected chi connectivity index (χ1v) is 7.76. The first kappa shape index (κ1) is 14.4. The van der Waals surface area contributed by atoms with Crippen LogP contribution in [0.5, 0.6) is 0 Å². The number of nitrogens with zero attached hydrogens (tertiary/aromatic N) is 2. The molecule has 0 saturated heterocycles. The third-order valence-electron chi connectivity index (χ3n) is 3.75. The van der Waals surface area contributed by atoms with Crippen molar-refractivity contribution in [2.45, 2.75) is 56.4 Å². The van der Waals surface area contributed by atoms with Crippen molar-refractivity contribution in [1.82, 2.24) is 15.2 Å². The normalized spacial score (nSPS) is 27.4. The van der Waals surface area contributed by atoms with Gasteiger partial charge >= 0.3 is 5.97 Å². The Hall–Kier alpha value is -1.04. The van der Waals surface area contributed by atoms with Gasteiger partial charge in [0.25, 0.3) is 0 Å². The molecule has 3 unspecified atom stereocenters. The second kappa shape index (κ2) is 6.41. The molecule has 1 aliphatic rings. The lowest BCUT2D eigenvalue weighted by atomic mass is 9.80. The van der Waals surface area contributed by atoms with Gasteiger partial charge in [-0.3, -0.25) is 9.89 Å². The lowest BCUT2D eigenvalue weighted by molar-refractivity contribution is -0.142. The summed E-state index contributed by atoms with van der Waals surface area (Å²) in [5.74, 6) is 0.477. The van der Waals surface area contributed by atoms with Gasteiger partial charge in [0, 0.05) is 5.25 Å². The summed E-state index contributed by atoms with van der Waals surface area (Å²) in [6.45, 7) is 4.04. The zero-order chi connectivity index (χ0) is 13.8. The van der Waals surface area contributed by atoms with E-state index in [0.29, 0.717) is 11.1 Å². The second-order valence-electron chi connectivity index (χ2n) is 5.27. The van der Waals surface area contributed by atoms with Crippen LogP contribution in [-0.4, -0.2) is 31.5 Å². The molecular formula is C13H21N3O2S. The smallest absolute Gasteiger partial charge is 0.307 e. The third kappa shape index (κ3) is 3.72. The van der Waals surface area contributed by atoms with Crippen LogP contribution in [0.3, 0.4) is 0 Å². The molecule has 1 fully saturated rings. The van der Waals surface area contributed by atoms with E-state index in [1.165, 1.54) is 24.6 Å². The number of H-pyrrole nitrogens is 1. The number of aromatic amines is 1. The molecule has 5 nitrogen and oxygen atoms in total. The van der Waals surface area contributed by atoms with Crippen molar-refractivity contribution in [1.29, 1.82) is 0 Å². The highest BCUT2D eigenvalue weighted by molar-refractivity contribution is 7.99. The zero-order valence-electron chi connectivity index (χ0n) is 11.4. The van der Waals surface area contributed by atoms with Crippen molar-refractivity contribution in [2.24, 2.45) is 11.8 Å². The Morgan fingerprint density at radius 1 is 1.53 bits per heavy atom. The van der Waals surface area contributed by atoms with Crippen LogP contribution < -0.4 is 0 Å². The molecule has 0 bridgehead atoms. The molecule has 1 aromatic rings. The molecule has 1 saturated carbocycles. The molecule has 1 aliphatic carbocycles. The monoisotopic (exact) mass is 283 g/mol. The van der Waals surface area contributed by atoms with Gasteiger partial charge in [0.2, 0.25) is 5.16 Å². The molecular weight excluding hydrogens is 262 g/mol. The number of carboxylic acids is 1. The van der Waals surface area contributed by atoms with Gasteiger partial charge in [-0.05, 0) is 32.1 Å². The van der Waals surface area contributed by atoms with Gasteiger partial charge in [-0.1, -0.05) is 31.5 Å². The first-order valence-electron chi connectivity index (χ1n) is 6.88. The fourth-order valence-corrected chi connectivity index (χ4v) is 4.15. The molecule has 2 N–H and O–H groups in total. The van der Waals surface area contributed by atoms with Gasteiger partial charge < -0.3 is 5.11 Å². The number of nitrogens with one attached hydrogen (secondary N) is 1. The highest BCUT2D eigenvalue weighted by atomic mass is 32.2. The Labute approximate surface area is 117 Å². The topological polar surface area (TPSA) is 78.9 Å². The Morgan fingerprint density at radius 3 is 2.89 bits per heavy atom. The van der Waals surface area contributed by atoms with Crippen molar-refractivity contribution < 1.29 is 9.90 Å². The van der Waals surface area contributed by atoms with E-state index in [2.05, 4.69) is 22.1 Å². The summed E-state index contributed by atoms with van der Waals surface area (Å²) in [5, 5.41) is 17.0. The molecule has 0 aromatic carbocycles. The molecule has 3 atom stereocenters. The minimum atomic E-state index is -0.681. The average molecular weight is 283 g/mol. The van der Waals surface area contributed by atoms with E-state index in [4.69, 9.17) is 0 Å². The standard InChI is InChI=1S/C13H21N3O2S/c1-3-4-9-5-6-10(12(17)18)11(7-9)19-13-14-8(2)15-16-13/h9-11H,3-7H2,1-2H3,(H,17,18)(H,14,15,16). The summed E-state index contributed by atoms with van der Waals surface area (Å²) in [6, 6.07) is 0. The van der Waals surface area contributed by atoms with Crippen LogP contribution in [0.1, 0.15) is 44.9 Å². The van der Waals surface area contributed by atoms with Crippen molar-refractivity contribution in [2.75, 3.05) is 0 Å². The Balaban J connectivity index is 2.04. The molecule has 1 aromatic heterocycles. The van der Waals surface area contributed by atoms with Crippen LogP contribution in [0.25, 0.3) is 0 Å². The van der Waals surface area contributed by atoms with Crippen molar-refractivity contribution >= 4 is 17.7 Å². The van der Waals surface area contributed by atoms with E-state index in [1.54, 1.807) is 0 Å². The summed E-state index contributed by atoms with van der Waals surface area (Å²) < 4.78 is 0. The number of aryl methyl sites for hydroxylation is 1. The van der Waals surface area contributed by atoms with E-state index < -0.39 is 5.97 Å². The van der Waals surface area contributed by atoms with Crippen LogP contribution in [0, 0.1) is 18.8 Å². The maximum absolute atomic E-state index is 11.4. The number of aromatic nitrogens is 3. The van der Waals surface area contributed by atoms with Gasteiger partial charge in [-0.15, -0.1) is 5.10 Å². The zero-order valence-corrected chi connectivity index (χ0v) is 12.2. The molecule has 2 rings (SSSR count). The van der Waals surface area contributed by atoms with E-state index in [1.807, 2.05) is 6.92 Å². The van der Waals surface area contributed by atoms with Crippen LogP contribution in [0.2, 0.25) is 0 Å². The molecule has 0 radical (unpaired) electrons. The maximum Gasteiger partial charge on any atom is 0.307 e. The van der Waals surface area contributed by atoms with E-state index >= 15 is 0 Å². The molecule has 0 aliphatic heterocycles. The van der Waals surface area contributed by atoms with Gasteiger partial charge in [0.05, 0.1) is 5.92 Å². The van der Waals surface area contributed by atoms with Gasteiger partial charge in [0.1, 0.15) is 5.82 Å². The number of aliphatic carboxylic acids is 1. The lowest BCUT2D eigenvalue weighted by Gasteiger charge is -2.32. The maximum atomic E-state index is 11.4. The van der Waals surface area contributed by atoms with Crippen LogP contribution in [0.15, 0.2) is 5.16 Å². The van der Waals surface area contributed by atoms with Gasteiger partial charge in [-0.25, -0.2) is 4.98 Å². The second-order valence-corrected chi connectivity index (χ2v) is 6.48. The molecule has 19 heavy (non-hydrogen) atoms. The Morgan fingerprint density at radius 2 is 2.32 bits per heavy atom. The van der Waals surface area contributed by atoms with E-state index in [9.17, 15) is 9.90 Å². The summed E-state index contributed by atoms with van der Waals surface area (Å²) in [4.78, 5) is 15.6. The van der Waals surface area contributed by atoms with Crippen molar-refractivity contribution in [3.63, 3.8) is 0 Å². The summed E-state index contributed by atoms with van der Waals surface area (Å²) >= 11 is 1.52. The minimum Gasteiger partial charge on any atom is -0.481 e. The van der Waals surface area contributed by atoms with Crippen LogP contribution in [-0.2, 0) is 4.79 Å². The fourth-order valence-electron chi connectivity index (χ4n) is 2.81. The predicted octanol–water partition coefficient (Wildman–Crippen LogP) is 2.87. The highest BCUT2D eigenvalue weighted by Crippen LogP contribution is 2.40. The number of carbonyl (C=O) groups is 1. The Kier molecular flexibility index (Phi) is 4.85. The number of hydrogen-bond donors (Lipinski definition) is 2. The molecule has 1 heterocycles. The molecule has 6 heteroatoms. The largest absolute Gasteiger partial charge is 0.481 e. The fraction of sp³-hybridized carbons (Fsp3) is 0.769. The van der Waals surface area contributed by atoms with E-state index in [-0.39, 0.29) is 11.2 Å². The van der Waals surface area contributed by atoms with Crippen molar-refractivity contribution in [3.8, 4) is 0 Å². The molecule has 106 valence electrons. The van der Waals surface area contributed by atoms with E-state index in [0.717, 1.165) is 25.1 Å². The predicted molar refractivity (Wildman–Crippen MR) is 74.1 cm³/mol. The highest BCUT2D eigenvalue weighted by Gasteiger charge is 2.36. The molecule has 0 spiro atoms. The Bertz CT molecular complexity index is 435. The first-order chi connectivity index (χ1) is 9.10. The number of thioether (sulfide) groups is 1. The SMILES string of the molecule is CCCC1CCC(C(=O)O)C(Sc2n[nH]c(C)n2)C1. The number of carboxylic acid groups (broad SMARTS) is 1. The van der Waals surface area contributed by atoms with Gasteiger partial charge in [-0.2, -0.15) is 0 Å². The summed E-state index contributed by atoms with van der Waals surface area (Å²) in [6.07, 6.45) is 5.13.